The molecule has 10 heteroatoms. The summed E-state index contributed by atoms with van der Waals surface area (Å²) in [5.74, 6) is -0.643. The van der Waals surface area contributed by atoms with Crippen molar-refractivity contribution in [3.8, 4) is 0 Å². The minimum atomic E-state index is -4.50. The maximum Gasteiger partial charge on any atom is 0.416 e. The zero-order valence-corrected chi connectivity index (χ0v) is 19.1. The quantitative estimate of drug-likeness (QED) is 0.358. The number of fused-ring (bicyclic) bond motifs is 1. The molecular weight excluding hydrogens is 462 g/mol. The molecule has 3 aromatic rings. The largest absolute Gasteiger partial charge is 0.416 e. The van der Waals surface area contributed by atoms with Crippen LogP contribution in [0.1, 0.15) is 18.4 Å². The van der Waals surface area contributed by atoms with Gasteiger partial charge >= 0.3 is 12.2 Å². The summed E-state index contributed by atoms with van der Waals surface area (Å²) in [7, 11) is 0. The van der Waals surface area contributed by atoms with Gasteiger partial charge in [0.1, 0.15) is 5.82 Å². The Labute approximate surface area is 200 Å². The number of nitrogens with zero attached hydrogens (tertiary/aromatic N) is 3. The smallest absolute Gasteiger partial charge is 0.367 e. The van der Waals surface area contributed by atoms with Crippen molar-refractivity contribution < 1.29 is 22.4 Å². The molecule has 0 radical (unpaired) electrons. The third kappa shape index (κ3) is 6.60. The van der Waals surface area contributed by atoms with Crippen molar-refractivity contribution in [2.24, 2.45) is 0 Å². The number of carbonyl (C=O) groups excluding carboxylic acids is 1. The predicted molar refractivity (Wildman–Crippen MR) is 128 cm³/mol. The van der Waals surface area contributed by atoms with Gasteiger partial charge in [-0.1, -0.05) is 18.2 Å². The van der Waals surface area contributed by atoms with Crippen molar-refractivity contribution in [1.29, 1.82) is 0 Å². The van der Waals surface area contributed by atoms with Gasteiger partial charge in [-0.25, -0.2) is 9.18 Å². The van der Waals surface area contributed by atoms with E-state index in [9.17, 15) is 22.4 Å². The normalized spacial score (nSPS) is 14.8. The number of urea groups is 1. The molecular formula is C25H27F4N5O. The van der Waals surface area contributed by atoms with Crippen molar-refractivity contribution in [2.45, 2.75) is 19.0 Å². The van der Waals surface area contributed by atoms with Crippen LogP contribution in [-0.2, 0) is 6.18 Å². The Bertz CT molecular complexity index is 1160. The third-order valence-electron chi connectivity index (χ3n) is 6.02. The molecule has 0 bridgehead atoms. The molecule has 0 atom stereocenters. The lowest BCUT2D eigenvalue weighted by molar-refractivity contribution is -0.137. The highest BCUT2D eigenvalue weighted by molar-refractivity contribution is 5.91. The van der Waals surface area contributed by atoms with Gasteiger partial charge in [-0.3, -0.25) is 9.88 Å². The second-order valence-corrected chi connectivity index (χ2v) is 8.50. The average molecular weight is 490 g/mol. The molecule has 1 aliphatic heterocycles. The maximum absolute atomic E-state index is 14.1. The van der Waals surface area contributed by atoms with Crippen LogP contribution in [0.2, 0.25) is 0 Å². The summed E-state index contributed by atoms with van der Waals surface area (Å²) in [6.45, 7) is 3.51. The molecule has 2 N–H and O–H groups in total. The first-order chi connectivity index (χ1) is 16.8. The number of pyridine rings is 1. The number of hydrogen-bond donors (Lipinski definition) is 2. The van der Waals surface area contributed by atoms with Crippen LogP contribution >= 0.6 is 0 Å². The van der Waals surface area contributed by atoms with E-state index in [2.05, 4.69) is 20.5 Å². The Morgan fingerprint density at radius 3 is 2.54 bits per heavy atom. The summed E-state index contributed by atoms with van der Waals surface area (Å²) in [6, 6.07) is 11.8. The molecule has 1 fully saturated rings. The topological polar surface area (TPSA) is 60.5 Å². The molecule has 2 amide bonds. The maximum atomic E-state index is 14.1. The molecule has 35 heavy (non-hydrogen) atoms. The van der Waals surface area contributed by atoms with Crippen LogP contribution in [0.4, 0.5) is 33.7 Å². The first-order valence-electron chi connectivity index (χ1n) is 11.5. The molecule has 2 heterocycles. The number of hydrogen-bond acceptors (Lipinski definition) is 4. The summed E-state index contributed by atoms with van der Waals surface area (Å²) < 4.78 is 53.0. The lowest BCUT2D eigenvalue weighted by atomic mass is 10.1. The molecule has 2 aromatic carbocycles. The van der Waals surface area contributed by atoms with Gasteiger partial charge in [0.25, 0.3) is 0 Å². The van der Waals surface area contributed by atoms with E-state index >= 15 is 0 Å². The van der Waals surface area contributed by atoms with E-state index in [1.54, 1.807) is 11.1 Å². The molecule has 0 saturated carbocycles. The van der Waals surface area contributed by atoms with Crippen LogP contribution < -0.4 is 15.5 Å². The van der Waals surface area contributed by atoms with Gasteiger partial charge in [0, 0.05) is 38.1 Å². The first-order valence-corrected chi connectivity index (χ1v) is 11.5. The summed E-state index contributed by atoms with van der Waals surface area (Å²) in [5, 5.41) is 6.56. The standard InChI is InChI=1S/C25H27F4N5O/c26-21-8-7-19(25(27,28)29)16-23(21)34-13-11-33(12-14-34)10-4-3-9-30-24(35)32-20-15-18-5-1-2-6-22(18)31-17-20/h1-2,5-8,15-17H,3-4,9-14H2,(H2,30,32,35). The number of piperazine rings is 1. The van der Waals surface area contributed by atoms with Crippen LogP contribution in [0.25, 0.3) is 10.9 Å². The van der Waals surface area contributed by atoms with E-state index in [0.717, 1.165) is 48.5 Å². The Hall–Kier alpha value is -3.40. The molecule has 0 unspecified atom stereocenters. The van der Waals surface area contributed by atoms with Crippen molar-refractivity contribution in [1.82, 2.24) is 15.2 Å². The molecule has 6 nitrogen and oxygen atoms in total. The number of unbranched alkanes of at least 4 members (excludes halogenated alkanes) is 1. The minimum Gasteiger partial charge on any atom is -0.367 e. The molecule has 186 valence electrons. The SMILES string of the molecule is O=C(NCCCCN1CCN(c2cc(C(F)(F)F)ccc2F)CC1)Nc1cnc2ccccc2c1. The number of anilines is 2. The van der Waals surface area contributed by atoms with E-state index in [-0.39, 0.29) is 11.7 Å². The summed E-state index contributed by atoms with van der Waals surface area (Å²) in [5.41, 5.74) is 0.636. The van der Waals surface area contributed by atoms with Crippen molar-refractivity contribution in [3.63, 3.8) is 0 Å². The van der Waals surface area contributed by atoms with Crippen LogP contribution in [0.3, 0.4) is 0 Å². The van der Waals surface area contributed by atoms with Gasteiger partial charge in [0.05, 0.1) is 28.7 Å². The Morgan fingerprint density at radius 1 is 1.00 bits per heavy atom. The van der Waals surface area contributed by atoms with Gasteiger partial charge in [-0.2, -0.15) is 13.2 Å². The molecule has 4 rings (SSSR count). The van der Waals surface area contributed by atoms with Crippen molar-refractivity contribution in [2.75, 3.05) is 49.5 Å². The molecule has 0 spiro atoms. The predicted octanol–water partition coefficient (Wildman–Crippen LogP) is 5.12. The monoisotopic (exact) mass is 489 g/mol. The highest BCUT2D eigenvalue weighted by Gasteiger charge is 2.32. The first kappa shape index (κ1) is 24.7. The van der Waals surface area contributed by atoms with Crippen molar-refractivity contribution in [3.05, 3.63) is 66.1 Å². The number of benzene rings is 2. The van der Waals surface area contributed by atoms with E-state index in [4.69, 9.17) is 0 Å². The van der Waals surface area contributed by atoms with Crippen LogP contribution in [-0.4, -0.2) is 55.2 Å². The Balaban J connectivity index is 1.15. The summed E-state index contributed by atoms with van der Waals surface area (Å²) >= 11 is 0. The molecule has 1 saturated heterocycles. The van der Waals surface area contributed by atoms with Gasteiger partial charge in [0.15, 0.2) is 0 Å². The number of rotatable bonds is 7. The fourth-order valence-corrected chi connectivity index (χ4v) is 4.12. The second kappa shape index (κ2) is 10.9. The van der Waals surface area contributed by atoms with Gasteiger partial charge in [0.2, 0.25) is 0 Å². The third-order valence-corrected chi connectivity index (χ3v) is 6.02. The molecule has 1 aromatic heterocycles. The van der Waals surface area contributed by atoms with Crippen molar-refractivity contribution >= 4 is 28.3 Å². The number of amides is 2. The summed E-state index contributed by atoms with van der Waals surface area (Å²) in [4.78, 5) is 20.3. The number of aromatic nitrogens is 1. The zero-order chi connectivity index (χ0) is 24.8. The Morgan fingerprint density at radius 2 is 1.77 bits per heavy atom. The second-order valence-electron chi connectivity index (χ2n) is 8.50. The van der Waals surface area contributed by atoms with Gasteiger partial charge in [-0.15, -0.1) is 0 Å². The number of nitrogens with one attached hydrogen (secondary N) is 2. The summed E-state index contributed by atoms with van der Waals surface area (Å²) in [6.07, 6.45) is -1.24. The lowest BCUT2D eigenvalue weighted by Gasteiger charge is -2.36. The molecule has 1 aliphatic rings. The van der Waals surface area contributed by atoms with E-state index in [1.807, 2.05) is 30.3 Å². The van der Waals surface area contributed by atoms with E-state index in [0.29, 0.717) is 38.4 Å². The fraction of sp³-hybridized carbons (Fsp3) is 0.360. The molecule has 0 aliphatic carbocycles. The fourth-order valence-electron chi connectivity index (χ4n) is 4.12. The number of alkyl halides is 3. The Kier molecular flexibility index (Phi) is 7.70. The number of carbonyl (C=O) groups is 1. The van der Waals surface area contributed by atoms with E-state index in [1.165, 1.54) is 0 Å². The van der Waals surface area contributed by atoms with Crippen LogP contribution in [0.5, 0.6) is 0 Å². The average Bonchev–Trinajstić information content (AvgIpc) is 2.84. The minimum absolute atomic E-state index is 0.00342. The van der Waals surface area contributed by atoms with Gasteiger partial charge in [-0.05, 0) is 49.7 Å². The number of halogens is 4. The number of para-hydroxylation sites is 1. The lowest BCUT2D eigenvalue weighted by Crippen LogP contribution is -2.47. The van der Waals surface area contributed by atoms with Gasteiger partial charge < -0.3 is 15.5 Å². The van der Waals surface area contributed by atoms with E-state index < -0.39 is 17.6 Å². The van der Waals surface area contributed by atoms with Crippen LogP contribution in [0.15, 0.2) is 54.7 Å². The van der Waals surface area contributed by atoms with Crippen LogP contribution in [0, 0.1) is 5.82 Å². The highest BCUT2D eigenvalue weighted by Crippen LogP contribution is 2.33. The highest BCUT2D eigenvalue weighted by atomic mass is 19.4. The zero-order valence-electron chi connectivity index (χ0n) is 19.1.